The lowest BCUT2D eigenvalue weighted by molar-refractivity contribution is 0.0747. The number of H-pyrrole nitrogens is 1. The van der Waals surface area contributed by atoms with Gasteiger partial charge in [-0.1, -0.05) is 12.1 Å². The second-order valence-corrected chi connectivity index (χ2v) is 7.14. The topological polar surface area (TPSA) is 74.2 Å². The number of hydrogen-bond donors (Lipinski definition) is 2. The van der Waals surface area contributed by atoms with Gasteiger partial charge in [0.15, 0.2) is 0 Å². The molecule has 6 nitrogen and oxygen atoms in total. The number of nitrogens with zero attached hydrogens (tertiary/aromatic N) is 3. The van der Waals surface area contributed by atoms with Gasteiger partial charge in [-0.3, -0.25) is 9.48 Å². The first-order chi connectivity index (χ1) is 12.5. The lowest BCUT2D eigenvalue weighted by Crippen LogP contribution is -2.30. The molecule has 1 aromatic carbocycles. The highest BCUT2D eigenvalue weighted by atomic mass is 16.3. The summed E-state index contributed by atoms with van der Waals surface area (Å²) in [5, 5.41) is 15.3. The van der Waals surface area contributed by atoms with Crippen LogP contribution in [0.25, 0.3) is 10.9 Å². The van der Waals surface area contributed by atoms with E-state index in [1.54, 1.807) is 6.92 Å². The Bertz CT molecular complexity index is 983. The Morgan fingerprint density at radius 3 is 2.88 bits per heavy atom. The predicted octanol–water partition coefficient (Wildman–Crippen LogP) is 3.08. The molecule has 4 rings (SSSR count). The third-order valence-corrected chi connectivity index (χ3v) is 5.32. The molecule has 2 N–H and O–H groups in total. The molecule has 1 aliphatic rings. The van der Waals surface area contributed by atoms with Crippen molar-refractivity contribution in [1.82, 2.24) is 19.7 Å². The second-order valence-electron chi connectivity index (χ2n) is 7.14. The number of carbonyl (C=O) groups is 1. The van der Waals surface area contributed by atoms with Crippen molar-refractivity contribution >= 4 is 16.8 Å². The highest BCUT2D eigenvalue weighted by Crippen LogP contribution is 2.26. The van der Waals surface area contributed by atoms with Gasteiger partial charge in [-0.05, 0) is 44.9 Å². The minimum Gasteiger partial charge on any atom is -0.387 e. The minimum atomic E-state index is -0.600. The zero-order valence-corrected chi connectivity index (χ0v) is 15.4. The van der Waals surface area contributed by atoms with Crippen molar-refractivity contribution < 1.29 is 9.90 Å². The maximum atomic E-state index is 13.3. The molecule has 0 unspecified atom stereocenters. The number of aromatic amines is 1. The van der Waals surface area contributed by atoms with Gasteiger partial charge in [-0.15, -0.1) is 0 Å². The zero-order valence-electron chi connectivity index (χ0n) is 15.4. The molecule has 26 heavy (non-hydrogen) atoms. The van der Waals surface area contributed by atoms with E-state index < -0.39 is 6.10 Å². The van der Waals surface area contributed by atoms with Crippen LogP contribution >= 0.6 is 0 Å². The molecule has 0 aliphatic carbocycles. The minimum absolute atomic E-state index is 0.0325. The monoisotopic (exact) mass is 352 g/mol. The number of rotatable bonds is 2. The summed E-state index contributed by atoms with van der Waals surface area (Å²) in [6.45, 7) is 7.78. The number of benzene rings is 1. The Labute approximate surface area is 152 Å². The molecule has 136 valence electrons. The lowest BCUT2D eigenvalue weighted by atomic mass is 10.1. The molecule has 0 fully saturated rings. The van der Waals surface area contributed by atoms with Crippen molar-refractivity contribution in [1.29, 1.82) is 0 Å². The fraction of sp³-hybridized carbons (Fsp3) is 0.400. The van der Waals surface area contributed by atoms with Gasteiger partial charge in [0.2, 0.25) is 0 Å². The summed E-state index contributed by atoms with van der Waals surface area (Å²) < 4.78 is 1.92. The maximum absolute atomic E-state index is 13.3. The number of nitrogens with one attached hydrogen (secondary N) is 1. The summed E-state index contributed by atoms with van der Waals surface area (Å²) in [6.07, 6.45) is 0.246. The third-order valence-electron chi connectivity index (χ3n) is 5.32. The van der Waals surface area contributed by atoms with E-state index in [1.165, 1.54) is 5.56 Å². The van der Waals surface area contributed by atoms with Crippen molar-refractivity contribution in [2.45, 2.75) is 46.4 Å². The number of fused-ring (bicyclic) bond motifs is 2. The Hall–Kier alpha value is -2.60. The van der Waals surface area contributed by atoms with Crippen LogP contribution in [0.2, 0.25) is 0 Å². The molecular formula is C20H24N4O2. The van der Waals surface area contributed by atoms with Crippen LogP contribution in [0.1, 0.15) is 52.5 Å². The van der Waals surface area contributed by atoms with Crippen molar-refractivity contribution in [3.8, 4) is 0 Å². The number of aryl methyl sites for hydroxylation is 3. The number of aromatic nitrogens is 3. The average molecular weight is 352 g/mol. The van der Waals surface area contributed by atoms with Crippen LogP contribution in [0.3, 0.4) is 0 Å². The van der Waals surface area contributed by atoms with Gasteiger partial charge >= 0.3 is 0 Å². The summed E-state index contributed by atoms with van der Waals surface area (Å²) in [5.41, 5.74) is 5.53. The Morgan fingerprint density at radius 1 is 1.31 bits per heavy atom. The molecule has 6 heteroatoms. The van der Waals surface area contributed by atoms with Gasteiger partial charge in [-0.25, -0.2) is 0 Å². The molecule has 0 saturated heterocycles. The highest BCUT2D eigenvalue weighted by molar-refractivity contribution is 6.06. The molecule has 1 aliphatic heterocycles. The third kappa shape index (κ3) is 2.70. The summed E-state index contributed by atoms with van der Waals surface area (Å²) in [4.78, 5) is 18.5. The largest absolute Gasteiger partial charge is 0.387 e. The van der Waals surface area contributed by atoms with E-state index in [4.69, 9.17) is 0 Å². The zero-order chi connectivity index (χ0) is 18.4. The lowest BCUT2D eigenvalue weighted by Gasteiger charge is -2.20. The second kappa shape index (κ2) is 6.29. The Balaban J connectivity index is 1.69. The van der Waals surface area contributed by atoms with Crippen molar-refractivity contribution in [3.63, 3.8) is 0 Å². The quantitative estimate of drug-likeness (QED) is 0.744. The van der Waals surface area contributed by atoms with Crippen LogP contribution in [0, 0.1) is 13.8 Å². The maximum Gasteiger partial charge on any atom is 0.256 e. The molecule has 1 amide bonds. The number of amides is 1. The van der Waals surface area contributed by atoms with Gasteiger partial charge in [0, 0.05) is 24.2 Å². The summed E-state index contributed by atoms with van der Waals surface area (Å²) in [6, 6.07) is 7.80. The van der Waals surface area contributed by atoms with Crippen LogP contribution in [0.15, 0.2) is 24.3 Å². The smallest absolute Gasteiger partial charge is 0.256 e. The van der Waals surface area contributed by atoms with Gasteiger partial charge < -0.3 is 15.0 Å². The van der Waals surface area contributed by atoms with E-state index in [9.17, 15) is 9.90 Å². The molecule has 0 saturated carbocycles. The van der Waals surface area contributed by atoms with E-state index >= 15 is 0 Å². The van der Waals surface area contributed by atoms with E-state index in [2.05, 4.69) is 23.1 Å². The molecule has 2 aromatic heterocycles. The number of para-hydroxylation sites is 1. The molecule has 1 atom stereocenters. The summed E-state index contributed by atoms with van der Waals surface area (Å²) in [7, 11) is 0. The molecule has 3 heterocycles. The number of aliphatic hydroxyl groups is 1. The first kappa shape index (κ1) is 16.8. The fourth-order valence-electron chi connectivity index (χ4n) is 3.69. The van der Waals surface area contributed by atoms with Crippen molar-refractivity contribution in [2.24, 2.45) is 0 Å². The molecule has 3 aromatic rings. The van der Waals surface area contributed by atoms with E-state index in [-0.39, 0.29) is 5.91 Å². The van der Waals surface area contributed by atoms with E-state index in [1.807, 2.05) is 34.7 Å². The van der Waals surface area contributed by atoms with Gasteiger partial charge in [0.1, 0.15) is 0 Å². The van der Waals surface area contributed by atoms with Crippen LogP contribution in [-0.2, 0) is 13.1 Å². The molecule has 0 spiro atoms. The first-order valence-electron chi connectivity index (χ1n) is 9.07. The summed E-state index contributed by atoms with van der Waals surface area (Å²) >= 11 is 0. The Morgan fingerprint density at radius 2 is 2.12 bits per heavy atom. The van der Waals surface area contributed by atoms with E-state index in [0.717, 1.165) is 35.3 Å². The Kier molecular flexibility index (Phi) is 4.07. The van der Waals surface area contributed by atoms with Crippen LogP contribution in [0.4, 0.5) is 0 Å². The van der Waals surface area contributed by atoms with Gasteiger partial charge in [0.25, 0.3) is 5.91 Å². The standard InChI is InChI=1S/C20H24N4O2/c1-12-13(2)21-19-16(12)6-4-7-17(19)20(26)23-8-5-9-24-15(11-23)10-18(22-24)14(3)25/h4,6-7,10,14,21,25H,5,8-9,11H2,1-3H3/t14-/m0/s1. The van der Waals surface area contributed by atoms with Crippen LogP contribution < -0.4 is 0 Å². The molecular weight excluding hydrogens is 328 g/mol. The fourth-order valence-corrected chi connectivity index (χ4v) is 3.69. The van der Waals surface area contributed by atoms with Gasteiger partial charge in [-0.2, -0.15) is 5.10 Å². The average Bonchev–Trinajstić information content (AvgIpc) is 3.08. The van der Waals surface area contributed by atoms with Crippen LogP contribution in [0.5, 0.6) is 0 Å². The predicted molar refractivity (Wildman–Crippen MR) is 100.0 cm³/mol. The number of hydrogen-bond acceptors (Lipinski definition) is 3. The number of carbonyl (C=O) groups excluding carboxylic acids is 1. The molecule has 0 bridgehead atoms. The summed E-state index contributed by atoms with van der Waals surface area (Å²) in [5.74, 6) is 0.0325. The van der Waals surface area contributed by atoms with E-state index in [0.29, 0.717) is 24.3 Å². The number of aliphatic hydroxyl groups excluding tert-OH is 1. The SMILES string of the molecule is Cc1[nH]c2c(C(=O)N3CCCn4nc([C@H](C)O)cc4C3)cccc2c1C. The van der Waals surface area contributed by atoms with Crippen molar-refractivity contribution in [2.75, 3.05) is 6.54 Å². The van der Waals surface area contributed by atoms with Gasteiger partial charge in [0.05, 0.1) is 35.1 Å². The molecule has 0 radical (unpaired) electrons. The normalized spacial score (nSPS) is 15.8. The van der Waals surface area contributed by atoms with Crippen LogP contribution in [-0.4, -0.2) is 37.2 Å². The first-order valence-corrected chi connectivity index (χ1v) is 9.07. The highest BCUT2D eigenvalue weighted by Gasteiger charge is 2.24. The van der Waals surface area contributed by atoms with Crippen molar-refractivity contribution in [3.05, 3.63) is 52.5 Å².